The van der Waals surface area contributed by atoms with Gasteiger partial charge >= 0.3 is 5.97 Å². The molecule has 2 rings (SSSR count). The molecule has 0 radical (unpaired) electrons. The van der Waals surface area contributed by atoms with Crippen molar-refractivity contribution in [3.63, 3.8) is 0 Å². The third-order valence-electron chi connectivity index (χ3n) is 3.30. The summed E-state index contributed by atoms with van der Waals surface area (Å²) in [5.74, 6) is -0.231. The second-order valence-electron chi connectivity index (χ2n) is 5.18. The van der Waals surface area contributed by atoms with Crippen LogP contribution in [0.3, 0.4) is 0 Å². The Bertz CT molecular complexity index is 796. The van der Waals surface area contributed by atoms with Crippen LogP contribution in [0.4, 0.5) is 5.69 Å². The van der Waals surface area contributed by atoms with Gasteiger partial charge in [0.2, 0.25) is 0 Å². The molecule has 1 amide bonds. The standard InChI is InChI=1S/C19H18N2O5/c1-24-16-4-2-3-5-17(16)25-13-19(23)26-12-18(22)21-15-8-6-14(7-9-15)10-11-20/h2-9H,10,12-13H2,1H3,(H,21,22). The fourth-order valence-electron chi connectivity index (χ4n) is 2.06. The summed E-state index contributed by atoms with van der Waals surface area (Å²) < 4.78 is 15.3. The van der Waals surface area contributed by atoms with Crippen molar-refractivity contribution in [2.45, 2.75) is 6.42 Å². The topological polar surface area (TPSA) is 97.7 Å². The highest BCUT2D eigenvalue weighted by atomic mass is 16.6. The number of anilines is 1. The number of para-hydroxylation sites is 2. The highest BCUT2D eigenvalue weighted by Crippen LogP contribution is 2.25. The van der Waals surface area contributed by atoms with Crippen LogP contribution >= 0.6 is 0 Å². The lowest BCUT2D eigenvalue weighted by atomic mass is 10.1. The summed E-state index contributed by atoms with van der Waals surface area (Å²) in [5, 5.41) is 11.2. The molecule has 0 bridgehead atoms. The highest BCUT2D eigenvalue weighted by Gasteiger charge is 2.10. The fraction of sp³-hybridized carbons (Fsp3) is 0.211. The Morgan fingerprint density at radius 1 is 1.04 bits per heavy atom. The van der Waals surface area contributed by atoms with Crippen molar-refractivity contribution in [1.29, 1.82) is 5.26 Å². The number of nitriles is 1. The maximum absolute atomic E-state index is 11.8. The Kier molecular flexibility index (Phi) is 7.01. The zero-order valence-corrected chi connectivity index (χ0v) is 14.2. The summed E-state index contributed by atoms with van der Waals surface area (Å²) in [6.07, 6.45) is 0.304. The number of ether oxygens (including phenoxy) is 3. The van der Waals surface area contributed by atoms with E-state index in [4.69, 9.17) is 19.5 Å². The number of amides is 1. The minimum atomic E-state index is -0.671. The van der Waals surface area contributed by atoms with Crippen LogP contribution in [-0.4, -0.2) is 32.2 Å². The summed E-state index contributed by atoms with van der Waals surface area (Å²) in [6.45, 7) is -0.759. The quantitative estimate of drug-likeness (QED) is 0.731. The number of carbonyl (C=O) groups is 2. The van der Waals surface area contributed by atoms with Gasteiger partial charge in [0.05, 0.1) is 19.6 Å². The molecule has 7 heteroatoms. The first-order valence-electron chi connectivity index (χ1n) is 7.79. The largest absolute Gasteiger partial charge is 0.493 e. The van der Waals surface area contributed by atoms with Gasteiger partial charge in [-0.05, 0) is 29.8 Å². The molecular weight excluding hydrogens is 336 g/mol. The summed E-state index contributed by atoms with van der Waals surface area (Å²) in [7, 11) is 1.50. The Balaban J connectivity index is 1.74. The van der Waals surface area contributed by atoms with E-state index in [1.165, 1.54) is 7.11 Å². The zero-order chi connectivity index (χ0) is 18.8. The molecule has 0 fully saturated rings. The van der Waals surface area contributed by atoms with Crippen molar-refractivity contribution in [2.75, 3.05) is 25.6 Å². The van der Waals surface area contributed by atoms with E-state index in [1.54, 1.807) is 48.5 Å². The van der Waals surface area contributed by atoms with E-state index in [2.05, 4.69) is 5.32 Å². The number of methoxy groups -OCH3 is 1. The van der Waals surface area contributed by atoms with Gasteiger partial charge in [0.25, 0.3) is 5.91 Å². The van der Waals surface area contributed by atoms with E-state index in [-0.39, 0.29) is 6.61 Å². The van der Waals surface area contributed by atoms with Crippen LogP contribution in [0, 0.1) is 11.3 Å². The Morgan fingerprint density at radius 2 is 1.73 bits per heavy atom. The number of nitrogens with one attached hydrogen (secondary N) is 1. The lowest BCUT2D eigenvalue weighted by Crippen LogP contribution is -2.23. The molecule has 0 aliphatic carbocycles. The molecule has 0 spiro atoms. The van der Waals surface area contributed by atoms with Crippen LogP contribution in [0.5, 0.6) is 11.5 Å². The average Bonchev–Trinajstić information content (AvgIpc) is 2.66. The number of benzene rings is 2. The third-order valence-corrected chi connectivity index (χ3v) is 3.30. The highest BCUT2D eigenvalue weighted by molar-refractivity contribution is 5.92. The van der Waals surface area contributed by atoms with E-state index >= 15 is 0 Å². The molecule has 1 N–H and O–H groups in total. The SMILES string of the molecule is COc1ccccc1OCC(=O)OCC(=O)Nc1ccc(CC#N)cc1. The second kappa shape index (κ2) is 9.69. The first-order chi connectivity index (χ1) is 12.6. The van der Waals surface area contributed by atoms with E-state index in [0.29, 0.717) is 23.6 Å². The molecule has 0 heterocycles. The van der Waals surface area contributed by atoms with Crippen LogP contribution in [0.15, 0.2) is 48.5 Å². The van der Waals surface area contributed by atoms with E-state index < -0.39 is 18.5 Å². The van der Waals surface area contributed by atoms with Crippen molar-refractivity contribution < 1.29 is 23.8 Å². The van der Waals surface area contributed by atoms with Gasteiger partial charge in [0, 0.05) is 5.69 Å². The molecule has 0 unspecified atom stereocenters. The van der Waals surface area contributed by atoms with Crippen molar-refractivity contribution in [1.82, 2.24) is 0 Å². The van der Waals surface area contributed by atoms with Crippen LogP contribution < -0.4 is 14.8 Å². The molecule has 0 aliphatic heterocycles. The minimum Gasteiger partial charge on any atom is -0.493 e. The van der Waals surface area contributed by atoms with Crippen molar-refractivity contribution >= 4 is 17.6 Å². The fourth-order valence-corrected chi connectivity index (χ4v) is 2.06. The maximum Gasteiger partial charge on any atom is 0.344 e. The summed E-state index contributed by atoms with van der Waals surface area (Å²) in [4.78, 5) is 23.5. The first kappa shape index (κ1) is 18.8. The van der Waals surface area contributed by atoms with Crippen molar-refractivity contribution in [3.8, 4) is 17.6 Å². The van der Waals surface area contributed by atoms with Crippen LogP contribution in [0.1, 0.15) is 5.56 Å². The van der Waals surface area contributed by atoms with Gasteiger partial charge in [0.15, 0.2) is 24.7 Å². The van der Waals surface area contributed by atoms with Crippen LogP contribution in [0.25, 0.3) is 0 Å². The zero-order valence-electron chi connectivity index (χ0n) is 14.2. The molecule has 0 saturated carbocycles. The maximum atomic E-state index is 11.8. The lowest BCUT2D eigenvalue weighted by molar-refractivity contribution is -0.149. The monoisotopic (exact) mass is 354 g/mol. The smallest absolute Gasteiger partial charge is 0.344 e. The van der Waals surface area contributed by atoms with E-state index in [1.807, 2.05) is 6.07 Å². The second-order valence-corrected chi connectivity index (χ2v) is 5.18. The number of carbonyl (C=O) groups excluding carboxylic acids is 2. The molecule has 7 nitrogen and oxygen atoms in total. The van der Waals surface area contributed by atoms with E-state index in [9.17, 15) is 9.59 Å². The number of hydrogen-bond donors (Lipinski definition) is 1. The Morgan fingerprint density at radius 3 is 2.38 bits per heavy atom. The Labute approximate surface area is 151 Å². The first-order valence-corrected chi connectivity index (χ1v) is 7.79. The normalized spacial score (nSPS) is 9.69. The summed E-state index contributed by atoms with van der Waals surface area (Å²) >= 11 is 0. The molecule has 0 aliphatic rings. The molecule has 0 saturated heterocycles. The number of rotatable bonds is 8. The van der Waals surface area contributed by atoms with Gasteiger partial charge in [-0.15, -0.1) is 0 Å². The number of esters is 1. The van der Waals surface area contributed by atoms with Gasteiger partial charge < -0.3 is 19.5 Å². The van der Waals surface area contributed by atoms with Gasteiger partial charge in [-0.25, -0.2) is 4.79 Å². The molecule has 26 heavy (non-hydrogen) atoms. The third kappa shape index (κ3) is 5.83. The Hall–Kier alpha value is -3.53. The molecule has 134 valence electrons. The average molecular weight is 354 g/mol. The lowest BCUT2D eigenvalue weighted by Gasteiger charge is -2.10. The molecular formula is C19H18N2O5. The summed E-state index contributed by atoms with van der Waals surface area (Å²) in [5.41, 5.74) is 1.41. The van der Waals surface area contributed by atoms with E-state index in [0.717, 1.165) is 5.56 Å². The van der Waals surface area contributed by atoms with Gasteiger partial charge in [-0.2, -0.15) is 5.26 Å². The summed E-state index contributed by atoms with van der Waals surface area (Å²) in [6, 6.07) is 15.8. The predicted octanol–water partition coefficient (Wildman–Crippen LogP) is 2.32. The predicted molar refractivity (Wildman–Crippen MR) is 93.8 cm³/mol. The molecule has 0 aromatic heterocycles. The molecule has 0 atom stereocenters. The number of nitrogens with zero attached hydrogens (tertiary/aromatic N) is 1. The van der Waals surface area contributed by atoms with Crippen LogP contribution in [0.2, 0.25) is 0 Å². The molecule has 2 aromatic rings. The molecule has 2 aromatic carbocycles. The van der Waals surface area contributed by atoms with Crippen LogP contribution in [-0.2, 0) is 20.7 Å². The van der Waals surface area contributed by atoms with Crippen molar-refractivity contribution in [2.24, 2.45) is 0 Å². The van der Waals surface area contributed by atoms with Crippen molar-refractivity contribution in [3.05, 3.63) is 54.1 Å². The van der Waals surface area contributed by atoms with Gasteiger partial charge in [-0.1, -0.05) is 24.3 Å². The van der Waals surface area contributed by atoms with Gasteiger partial charge in [0.1, 0.15) is 0 Å². The minimum absolute atomic E-state index is 0.304. The van der Waals surface area contributed by atoms with Gasteiger partial charge in [-0.3, -0.25) is 4.79 Å². The number of hydrogen-bond acceptors (Lipinski definition) is 6.